The first-order valence-corrected chi connectivity index (χ1v) is 11.2. The van der Waals surface area contributed by atoms with Crippen molar-refractivity contribution in [3.8, 4) is 11.5 Å². The van der Waals surface area contributed by atoms with Crippen molar-refractivity contribution < 1.29 is 19.1 Å². The van der Waals surface area contributed by atoms with E-state index in [1.54, 1.807) is 12.0 Å². The van der Waals surface area contributed by atoms with Crippen LogP contribution in [-0.2, 0) is 16.1 Å². The van der Waals surface area contributed by atoms with Gasteiger partial charge >= 0.3 is 0 Å². The summed E-state index contributed by atoms with van der Waals surface area (Å²) < 4.78 is 11.1. The van der Waals surface area contributed by atoms with Gasteiger partial charge in [0, 0.05) is 12.6 Å². The van der Waals surface area contributed by atoms with Crippen molar-refractivity contribution in [2.75, 3.05) is 13.7 Å². The average molecular weight is 441 g/mol. The van der Waals surface area contributed by atoms with Gasteiger partial charge < -0.3 is 19.7 Å². The Labute approximate surface area is 191 Å². The second-order valence-corrected chi connectivity index (χ2v) is 8.15. The lowest BCUT2D eigenvalue weighted by Crippen LogP contribution is -2.51. The van der Waals surface area contributed by atoms with E-state index in [1.165, 1.54) is 0 Å². The monoisotopic (exact) mass is 440 g/mol. The average Bonchev–Trinajstić information content (AvgIpc) is 2.79. The van der Waals surface area contributed by atoms with Crippen molar-refractivity contribution in [2.24, 2.45) is 0 Å². The summed E-state index contributed by atoms with van der Waals surface area (Å²) in [5, 5.41) is 3.01. The molecule has 174 valence electrons. The van der Waals surface area contributed by atoms with E-state index in [1.807, 2.05) is 77.1 Å². The molecule has 32 heavy (non-hydrogen) atoms. The van der Waals surface area contributed by atoms with Gasteiger partial charge in [0.15, 0.2) is 6.61 Å². The van der Waals surface area contributed by atoms with E-state index in [4.69, 9.17) is 9.47 Å². The molecule has 0 aliphatic carbocycles. The first kappa shape index (κ1) is 25.2. The smallest absolute Gasteiger partial charge is 0.261 e. The molecule has 0 aromatic heterocycles. The van der Waals surface area contributed by atoms with Gasteiger partial charge in [-0.3, -0.25) is 9.59 Å². The third-order valence-electron chi connectivity index (χ3n) is 5.71. The van der Waals surface area contributed by atoms with Gasteiger partial charge in [-0.15, -0.1) is 0 Å². The van der Waals surface area contributed by atoms with Crippen LogP contribution >= 0.6 is 0 Å². The van der Waals surface area contributed by atoms with Gasteiger partial charge in [-0.2, -0.15) is 0 Å². The number of nitrogens with zero attached hydrogens (tertiary/aromatic N) is 1. The number of carbonyl (C=O) groups excluding carboxylic acids is 2. The third kappa shape index (κ3) is 7.01. The number of hydrogen-bond donors (Lipinski definition) is 1. The highest BCUT2D eigenvalue weighted by molar-refractivity contribution is 5.88. The van der Waals surface area contributed by atoms with Gasteiger partial charge in [-0.25, -0.2) is 0 Å². The maximum atomic E-state index is 13.3. The van der Waals surface area contributed by atoms with Crippen LogP contribution in [0.5, 0.6) is 11.5 Å². The minimum atomic E-state index is -0.592. The standard InChI is InChI=1S/C26H36N2O4/c1-7-20(5)27-26(30)24(8-2)28(16-21-10-9-11-22(15-21)31-6)25(29)17-32-23-13-12-18(3)19(4)14-23/h9-15,20,24H,7-8,16-17H2,1-6H3,(H,27,30). The molecule has 0 saturated heterocycles. The van der Waals surface area contributed by atoms with E-state index in [0.717, 1.165) is 23.1 Å². The Balaban J connectivity index is 2.24. The topological polar surface area (TPSA) is 67.9 Å². The summed E-state index contributed by atoms with van der Waals surface area (Å²) in [6.45, 7) is 10.1. The number of benzene rings is 2. The first-order chi connectivity index (χ1) is 15.3. The Morgan fingerprint density at radius 1 is 1.00 bits per heavy atom. The molecule has 2 unspecified atom stereocenters. The molecule has 0 spiro atoms. The summed E-state index contributed by atoms with van der Waals surface area (Å²) in [5.74, 6) is 0.958. The van der Waals surface area contributed by atoms with E-state index in [-0.39, 0.29) is 24.5 Å². The molecule has 0 heterocycles. The van der Waals surface area contributed by atoms with Crippen molar-refractivity contribution in [3.63, 3.8) is 0 Å². The summed E-state index contributed by atoms with van der Waals surface area (Å²) in [6, 6.07) is 12.7. The van der Waals surface area contributed by atoms with Crippen LogP contribution in [0.1, 0.15) is 50.3 Å². The highest BCUT2D eigenvalue weighted by atomic mass is 16.5. The Bertz CT molecular complexity index is 912. The Morgan fingerprint density at radius 3 is 2.38 bits per heavy atom. The summed E-state index contributed by atoms with van der Waals surface area (Å²) in [5.41, 5.74) is 3.15. The lowest BCUT2D eigenvalue weighted by molar-refractivity contribution is -0.143. The number of nitrogens with one attached hydrogen (secondary N) is 1. The van der Waals surface area contributed by atoms with Crippen LogP contribution in [0.3, 0.4) is 0 Å². The van der Waals surface area contributed by atoms with Crippen LogP contribution in [0.4, 0.5) is 0 Å². The number of hydrogen-bond acceptors (Lipinski definition) is 4. The second kappa shape index (κ2) is 12.1. The quantitative estimate of drug-likeness (QED) is 0.562. The molecule has 2 aromatic rings. The molecule has 6 nitrogen and oxygen atoms in total. The molecule has 2 atom stereocenters. The molecule has 0 bridgehead atoms. The normalized spacial score (nSPS) is 12.6. The zero-order valence-corrected chi connectivity index (χ0v) is 20.1. The van der Waals surface area contributed by atoms with Crippen LogP contribution < -0.4 is 14.8 Å². The zero-order chi connectivity index (χ0) is 23.7. The van der Waals surface area contributed by atoms with Gasteiger partial charge in [0.1, 0.15) is 17.5 Å². The molecule has 2 amide bonds. The largest absolute Gasteiger partial charge is 0.497 e. The minimum absolute atomic E-state index is 0.0390. The van der Waals surface area contributed by atoms with Crippen LogP contribution in [0, 0.1) is 13.8 Å². The van der Waals surface area contributed by atoms with Crippen LogP contribution in [0.2, 0.25) is 0 Å². The number of rotatable bonds is 11. The highest BCUT2D eigenvalue weighted by Crippen LogP contribution is 2.19. The van der Waals surface area contributed by atoms with E-state index in [9.17, 15) is 9.59 Å². The number of amides is 2. The molecular weight excluding hydrogens is 404 g/mol. The van der Waals surface area contributed by atoms with E-state index in [2.05, 4.69) is 5.32 Å². The van der Waals surface area contributed by atoms with Crippen molar-refractivity contribution in [3.05, 3.63) is 59.2 Å². The molecular formula is C26H36N2O4. The van der Waals surface area contributed by atoms with Crippen LogP contribution in [-0.4, -0.2) is 42.5 Å². The molecule has 0 fully saturated rings. The van der Waals surface area contributed by atoms with Gasteiger partial charge in [0.2, 0.25) is 5.91 Å². The molecule has 6 heteroatoms. The van der Waals surface area contributed by atoms with Crippen molar-refractivity contribution >= 4 is 11.8 Å². The van der Waals surface area contributed by atoms with Crippen molar-refractivity contribution in [2.45, 2.75) is 66.1 Å². The molecule has 2 aromatic carbocycles. The first-order valence-electron chi connectivity index (χ1n) is 11.2. The number of ether oxygens (including phenoxy) is 2. The van der Waals surface area contributed by atoms with Crippen LogP contribution in [0.15, 0.2) is 42.5 Å². The van der Waals surface area contributed by atoms with Crippen molar-refractivity contribution in [1.29, 1.82) is 0 Å². The van der Waals surface area contributed by atoms with E-state index in [0.29, 0.717) is 24.5 Å². The Kier molecular flexibility index (Phi) is 9.57. The number of aryl methyl sites for hydroxylation is 2. The van der Waals surface area contributed by atoms with Gasteiger partial charge in [-0.1, -0.05) is 32.0 Å². The van der Waals surface area contributed by atoms with E-state index < -0.39 is 6.04 Å². The molecule has 0 aliphatic heterocycles. The Morgan fingerprint density at radius 2 is 1.75 bits per heavy atom. The number of methoxy groups -OCH3 is 1. The third-order valence-corrected chi connectivity index (χ3v) is 5.71. The van der Waals surface area contributed by atoms with Crippen LogP contribution in [0.25, 0.3) is 0 Å². The fourth-order valence-electron chi connectivity index (χ4n) is 3.36. The predicted octanol–water partition coefficient (Wildman–Crippen LogP) is 4.41. The van der Waals surface area contributed by atoms with Gasteiger partial charge in [0.25, 0.3) is 5.91 Å². The summed E-state index contributed by atoms with van der Waals surface area (Å²) in [7, 11) is 1.61. The molecule has 0 saturated carbocycles. The van der Waals surface area contributed by atoms with Crippen molar-refractivity contribution in [1.82, 2.24) is 10.2 Å². The minimum Gasteiger partial charge on any atom is -0.497 e. The van der Waals surface area contributed by atoms with Gasteiger partial charge in [-0.05, 0) is 74.6 Å². The zero-order valence-electron chi connectivity index (χ0n) is 20.1. The maximum absolute atomic E-state index is 13.3. The number of carbonyl (C=O) groups is 2. The molecule has 0 aliphatic rings. The maximum Gasteiger partial charge on any atom is 0.261 e. The molecule has 1 N–H and O–H groups in total. The lowest BCUT2D eigenvalue weighted by atomic mass is 10.1. The predicted molar refractivity (Wildman–Crippen MR) is 127 cm³/mol. The van der Waals surface area contributed by atoms with E-state index >= 15 is 0 Å². The molecule has 2 rings (SSSR count). The summed E-state index contributed by atoms with van der Waals surface area (Å²) in [6.07, 6.45) is 1.32. The summed E-state index contributed by atoms with van der Waals surface area (Å²) in [4.78, 5) is 27.9. The summed E-state index contributed by atoms with van der Waals surface area (Å²) >= 11 is 0. The Hall–Kier alpha value is -3.02. The van der Waals surface area contributed by atoms with Gasteiger partial charge in [0.05, 0.1) is 7.11 Å². The fourth-order valence-corrected chi connectivity index (χ4v) is 3.36. The lowest BCUT2D eigenvalue weighted by Gasteiger charge is -2.31. The fraction of sp³-hybridized carbons (Fsp3) is 0.462. The molecule has 0 radical (unpaired) electrons. The second-order valence-electron chi connectivity index (χ2n) is 8.15. The SMILES string of the molecule is CCC(C)NC(=O)C(CC)N(Cc1cccc(OC)c1)C(=O)COc1ccc(C)c(C)c1. The highest BCUT2D eigenvalue weighted by Gasteiger charge is 2.29.